The van der Waals surface area contributed by atoms with Gasteiger partial charge in [-0.2, -0.15) is 0 Å². The molecule has 2 nitrogen and oxygen atoms in total. The monoisotopic (exact) mass is 287 g/mol. The van der Waals surface area contributed by atoms with Crippen LogP contribution in [0.2, 0.25) is 5.02 Å². The molecule has 0 aliphatic rings. The third kappa shape index (κ3) is 4.10. The molecule has 0 radical (unpaired) electrons. The van der Waals surface area contributed by atoms with Crippen molar-refractivity contribution in [2.24, 2.45) is 0 Å². The van der Waals surface area contributed by atoms with Crippen molar-refractivity contribution in [2.75, 3.05) is 6.54 Å². The van der Waals surface area contributed by atoms with Crippen LogP contribution in [0.4, 0.5) is 0 Å². The fourth-order valence-corrected chi connectivity index (χ4v) is 2.19. The van der Waals surface area contributed by atoms with E-state index >= 15 is 0 Å². The summed E-state index contributed by atoms with van der Waals surface area (Å²) in [6.07, 6.45) is 0.415. The lowest BCUT2D eigenvalue weighted by atomic mass is 10.1. The van der Waals surface area contributed by atoms with E-state index in [4.69, 9.17) is 11.6 Å². The molecule has 0 aliphatic carbocycles. The zero-order valence-corrected chi connectivity index (χ0v) is 12.3. The van der Waals surface area contributed by atoms with E-state index in [1.54, 1.807) is 0 Å². The van der Waals surface area contributed by atoms with Crippen molar-refractivity contribution in [1.82, 2.24) is 4.90 Å². The Morgan fingerprint density at radius 1 is 1.00 bits per heavy atom. The van der Waals surface area contributed by atoms with Gasteiger partial charge in [-0.25, -0.2) is 0 Å². The molecular weight excluding hydrogens is 270 g/mol. The van der Waals surface area contributed by atoms with Crippen molar-refractivity contribution in [3.63, 3.8) is 0 Å². The number of rotatable bonds is 5. The molecule has 0 saturated heterocycles. The van der Waals surface area contributed by atoms with E-state index in [2.05, 4.69) is 0 Å². The molecule has 20 heavy (non-hydrogen) atoms. The number of amides is 1. The Morgan fingerprint density at radius 3 is 2.25 bits per heavy atom. The van der Waals surface area contributed by atoms with Gasteiger partial charge in [-0.15, -0.1) is 0 Å². The fourth-order valence-electron chi connectivity index (χ4n) is 2.07. The Labute approximate surface area is 125 Å². The van der Waals surface area contributed by atoms with Crippen molar-refractivity contribution < 1.29 is 4.79 Å². The van der Waals surface area contributed by atoms with E-state index < -0.39 is 0 Å². The Balaban J connectivity index is 2.00. The zero-order chi connectivity index (χ0) is 14.4. The number of carbonyl (C=O) groups is 1. The van der Waals surface area contributed by atoms with Crippen LogP contribution in [-0.2, 0) is 17.8 Å². The van der Waals surface area contributed by atoms with Crippen LogP contribution in [0, 0.1) is 0 Å². The Hall–Kier alpha value is -1.80. The lowest BCUT2D eigenvalue weighted by Crippen LogP contribution is -2.31. The highest BCUT2D eigenvalue weighted by Crippen LogP contribution is 2.12. The van der Waals surface area contributed by atoms with Crippen molar-refractivity contribution in [1.29, 1.82) is 0 Å². The molecule has 2 aromatic carbocycles. The zero-order valence-electron chi connectivity index (χ0n) is 11.6. The van der Waals surface area contributed by atoms with Gasteiger partial charge in [0.2, 0.25) is 5.91 Å². The second-order valence-electron chi connectivity index (χ2n) is 4.70. The number of hydrogen-bond donors (Lipinski definition) is 0. The molecule has 0 bridgehead atoms. The van der Waals surface area contributed by atoms with E-state index in [0.29, 0.717) is 24.5 Å². The molecule has 0 saturated carbocycles. The quantitative estimate of drug-likeness (QED) is 0.816. The van der Waals surface area contributed by atoms with E-state index in [9.17, 15) is 4.79 Å². The SMILES string of the molecule is CCN(Cc1ccccc1)C(=O)Cc1ccc(Cl)cc1. The Kier molecular flexibility index (Phi) is 5.19. The molecule has 2 rings (SSSR count). The molecule has 0 heterocycles. The Morgan fingerprint density at radius 2 is 1.65 bits per heavy atom. The van der Waals surface area contributed by atoms with Crippen molar-refractivity contribution in [3.8, 4) is 0 Å². The first-order valence-corrected chi connectivity index (χ1v) is 7.13. The molecular formula is C17H18ClNO. The molecule has 2 aromatic rings. The second kappa shape index (κ2) is 7.11. The third-order valence-corrected chi connectivity index (χ3v) is 3.47. The van der Waals surface area contributed by atoms with Crippen LogP contribution in [0.25, 0.3) is 0 Å². The predicted molar refractivity (Wildman–Crippen MR) is 82.7 cm³/mol. The molecule has 0 fully saturated rings. The molecule has 0 aliphatic heterocycles. The van der Waals surface area contributed by atoms with E-state index in [1.165, 1.54) is 0 Å². The highest BCUT2D eigenvalue weighted by Gasteiger charge is 2.12. The largest absolute Gasteiger partial charge is 0.338 e. The van der Waals surface area contributed by atoms with Crippen molar-refractivity contribution in [3.05, 3.63) is 70.7 Å². The van der Waals surface area contributed by atoms with E-state index in [-0.39, 0.29) is 5.91 Å². The number of hydrogen-bond acceptors (Lipinski definition) is 1. The molecule has 3 heteroatoms. The summed E-state index contributed by atoms with van der Waals surface area (Å²) in [4.78, 5) is 14.2. The number of benzene rings is 2. The summed E-state index contributed by atoms with van der Waals surface area (Å²) in [5.74, 6) is 0.138. The summed E-state index contributed by atoms with van der Waals surface area (Å²) >= 11 is 5.85. The summed E-state index contributed by atoms with van der Waals surface area (Å²) in [5, 5.41) is 0.692. The van der Waals surface area contributed by atoms with Crippen LogP contribution in [0.5, 0.6) is 0 Å². The summed E-state index contributed by atoms with van der Waals surface area (Å²) in [5.41, 5.74) is 2.14. The van der Waals surface area contributed by atoms with Crippen LogP contribution >= 0.6 is 11.6 Å². The maximum absolute atomic E-state index is 12.3. The normalized spacial score (nSPS) is 10.3. The standard InChI is InChI=1S/C17H18ClNO/c1-2-19(13-15-6-4-3-5-7-15)17(20)12-14-8-10-16(18)11-9-14/h3-11H,2,12-13H2,1H3. The first kappa shape index (κ1) is 14.6. The highest BCUT2D eigenvalue weighted by atomic mass is 35.5. The summed E-state index contributed by atoms with van der Waals surface area (Å²) in [6.45, 7) is 3.37. The summed E-state index contributed by atoms with van der Waals surface area (Å²) in [6, 6.07) is 17.5. The molecule has 0 spiro atoms. The van der Waals surface area contributed by atoms with Crippen molar-refractivity contribution in [2.45, 2.75) is 19.9 Å². The minimum absolute atomic E-state index is 0.138. The Bertz CT molecular complexity index is 551. The van der Waals surface area contributed by atoms with E-state index in [0.717, 1.165) is 11.1 Å². The predicted octanol–water partition coefficient (Wildman–Crippen LogP) is 3.93. The minimum atomic E-state index is 0.138. The smallest absolute Gasteiger partial charge is 0.227 e. The van der Waals surface area contributed by atoms with Gasteiger partial charge in [0, 0.05) is 18.1 Å². The lowest BCUT2D eigenvalue weighted by Gasteiger charge is -2.21. The first-order valence-electron chi connectivity index (χ1n) is 6.75. The highest BCUT2D eigenvalue weighted by molar-refractivity contribution is 6.30. The maximum atomic E-state index is 12.3. The molecule has 0 N–H and O–H groups in total. The molecule has 0 atom stereocenters. The van der Waals surface area contributed by atoms with Gasteiger partial charge in [0.25, 0.3) is 0 Å². The topological polar surface area (TPSA) is 20.3 Å². The van der Waals surface area contributed by atoms with Gasteiger partial charge in [-0.1, -0.05) is 54.1 Å². The average molecular weight is 288 g/mol. The van der Waals surface area contributed by atoms with Gasteiger partial charge < -0.3 is 4.90 Å². The first-order chi connectivity index (χ1) is 9.69. The molecule has 1 amide bonds. The molecule has 0 unspecified atom stereocenters. The van der Waals surface area contributed by atoms with Gasteiger partial charge in [0.05, 0.1) is 6.42 Å². The number of likely N-dealkylation sites (N-methyl/N-ethyl adjacent to an activating group) is 1. The number of nitrogens with zero attached hydrogens (tertiary/aromatic N) is 1. The van der Waals surface area contributed by atoms with Crippen molar-refractivity contribution >= 4 is 17.5 Å². The van der Waals surface area contributed by atoms with Gasteiger partial charge in [0.15, 0.2) is 0 Å². The molecule has 104 valence electrons. The minimum Gasteiger partial charge on any atom is -0.338 e. The van der Waals surface area contributed by atoms with Crippen LogP contribution < -0.4 is 0 Å². The lowest BCUT2D eigenvalue weighted by molar-refractivity contribution is -0.130. The third-order valence-electron chi connectivity index (χ3n) is 3.22. The number of halogens is 1. The van der Waals surface area contributed by atoms with Crippen LogP contribution in [0.3, 0.4) is 0 Å². The van der Waals surface area contributed by atoms with Gasteiger partial charge in [0.1, 0.15) is 0 Å². The summed E-state index contributed by atoms with van der Waals surface area (Å²) < 4.78 is 0. The molecule has 0 aromatic heterocycles. The summed E-state index contributed by atoms with van der Waals surface area (Å²) in [7, 11) is 0. The van der Waals surface area contributed by atoms with Gasteiger partial charge in [-0.3, -0.25) is 4.79 Å². The second-order valence-corrected chi connectivity index (χ2v) is 5.13. The number of carbonyl (C=O) groups excluding carboxylic acids is 1. The van der Waals surface area contributed by atoms with E-state index in [1.807, 2.05) is 66.4 Å². The van der Waals surface area contributed by atoms with Gasteiger partial charge >= 0.3 is 0 Å². The fraction of sp³-hybridized carbons (Fsp3) is 0.235. The maximum Gasteiger partial charge on any atom is 0.227 e. The van der Waals surface area contributed by atoms with Crippen LogP contribution in [-0.4, -0.2) is 17.4 Å². The average Bonchev–Trinajstić information content (AvgIpc) is 2.48. The van der Waals surface area contributed by atoms with Gasteiger partial charge in [-0.05, 0) is 30.2 Å². The van der Waals surface area contributed by atoms with Crippen LogP contribution in [0.15, 0.2) is 54.6 Å². The van der Waals surface area contributed by atoms with Crippen LogP contribution in [0.1, 0.15) is 18.1 Å².